The zero-order valence-electron chi connectivity index (χ0n) is 9.98. The molecule has 4 nitrogen and oxygen atoms in total. The van der Waals surface area contributed by atoms with Gasteiger partial charge in [-0.3, -0.25) is 0 Å². The molecule has 1 fully saturated rings. The van der Waals surface area contributed by atoms with E-state index in [1.807, 2.05) is 5.38 Å². The van der Waals surface area contributed by atoms with Crippen LogP contribution in [0.15, 0.2) is 5.38 Å². The highest BCUT2D eigenvalue weighted by molar-refractivity contribution is 7.11. The van der Waals surface area contributed by atoms with Crippen LogP contribution >= 0.6 is 11.3 Å². The molecular weight excluding hydrogens is 236 g/mol. The fourth-order valence-electron chi connectivity index (χ4n) is 2.34. The average molecular weight is 254 g/mol. The normalized spacial score (nSPS) is 24.8. The molecule has 0 amide bonds. The van der Waals surface area contributed by atoms with Crippen LogP contribution in [0.4, 0.5) is 0 Å². The highest BCUT2D eigenvalue weighted by Crippen LogP contribution is 2.24. The predicted octanol–water partition coefficient (Wildman–Crippen LogP) is 2.51. The Labute approximate surface area is 105 Å². The summed E-state index contributed by atoms with van der Waals surface area (Å²) >= 11 is 1.19. The second-order valence-electron chi connectivity index (χ2n) is 4.70. The van der Waals surface area contributed by atoms with E-state index < -0.39 is 5.97 Å². The maximum Gasteiger partial charge on any atom is 0.365 e. The molecule has 0 saturated heterocycles. The number of hydrogen-bond donors (Lipinski definition) is 2. The lowest BCUT2D eigenvalue weighted by Gasteiger charge is -2.29. The molecule has 1 aromatic heterocycles. The Bertz CT molecular complexity index is 392. The first-order chi connectivity index (χ1) is 8.16. The first kappa shape index (κ1) is 12.5. The molecule has 5 heteroatoms. The van der Waals surface area contributed by atoms with Crippen LogP contribution in [0, 0.1) is 5.92 Å². The number of rotatable bonds is 4. The molecule has 17 heavy (non-hydrogen) atoms. The van der Waals surface area contributed by atoms with Crippen LogP contribution in [0.3, 0.4) is 0 Å². The molecule has 0 aliphatic heterocycles. The fraction of sp³-hybridized carbons (Fsp3) is 0.667. The summed E-state index contributed by atoms with van der Waals surface area (Å²) in [4.78, 5) is 14.8. The Balaban J connectivity index is 1.86. The van der Waals surface area contributed by atoms with Gasteiger partial charge in [0, 0.05) is 18.0 Å². The highest BCUT2D eigenvalue weighted by atomic mass is 32.1. The molecule has 1 aliphatic carbocycles. The van der Waals surface area contributed by atoms with Crippen molar-refractivity contribution >= 4 is 17.3 Å². The van der Waals surface area contributed by atoms with Crippen molar-refractivity contribution in [2.45, 2.75) is 45.2 Å². The first-order valence-corrected chi connectivity index (χ1v) is 6.96. The van der Waals surface area contributed by atoms with Crippen molar-refractivity contribution in [2.75, 3.05) is 0 Å². The number of carboxylic acid groups (broad SMARTS) is 1. The second kappa shape index (κ2) is 5.60. The number of carbonyl (C=O) groups is 1. The predicted molar refractivity (Wildman–Crippen MR) is 67.3 cm³/mol. The van der Waals surface area contributed by atoms with Gasteiger partial charge in [0.25, 0.3) is 0 Å². The molecule has 0 aromatic carbocycles. The molecule has 1 heterocycles. The van der Waals surface area contributed by atoms with Crippen molar-refractivity contribution in [1.82, 2.24) is 10.3 Å². The molecule has 1 aliphatic rings. The van der Waals surface area contributed by atoms with Crippen LogP contribution in [0.1, 0.15) is 48.1 Å². The van der Waals surface area contributed by atoms with E-state index in [-0.39, 0.29) is 5.01 Å². The van der Waals surface area contributed by atoms with E-state index in [0.717, 1.165) is 5.69 Å². The van der Waals surface area contributed by atoms with Gasteiger partial charge in [-0.1, -0.05) is 19.8 Å². The quantitative estimate of drug-likeness (QED) is 0.866. The van der Waals surface area contributed by atoms with Gasteiger partial charge in [0.1, 0.15) is 0 Å². The molecule has 2 unspecified atom stereocenters. The van der Waals surface area contributed by atoms with Crippen LogP contribution in [-0.4, -0.2) is 22.1 Å². The summed E-state index contributed by atoms with van der Waals surface area (Å²) < 4.78 is 0. The van der Waals surface area contributed by atoms with Crippen molar-refractivity contribution in [1.29, 1.82) is 0 Å². The number of hydrogen-bond acceptors (Lipinski definition) is 4. The summed E-state index contributed by atoms with van der Waals surface area (Å²) in [7, 11) is 0. The van der Waals surface area contributed by atoms with E-state index in [4.69, 9.17) is 5.11 Å². The Hall–Kier alpha value is -0.940. The van der Waals surface area contributed by atoms with E-state index in [0.29, 0.717) is 18.5 Å². The Morgan fingerprint density at radius 2 is 2.35 bits per heavy atom. The fourth-order valence-corrected chi connectivity index (χ4v) is 3.00. The van der Waals surface area contributed by atoms with Crippen molar-refractivity contribution < 1.29 is 9.90 Å². The minimum absolute atomic E-state index is 0.179. The highest BCUT2D eigenvalue weighted by Gasteiger charge is 2.20. The van der Waals surface area contributed by atoms with E-state index in [2.05, 4.69) is 17.2 Å². The molecule has 0 spiro atoms. The van der Waals surface area contributed by atoms with Crippen molar-refractivity contribution in [2.24, 2.45) is 5.92 Å². The zero-order chi connectivity index (χ0) is 12.3. The van der Waals surface area contributed by atoms with E-state index in [1.165, 1.54) is 37.0 Å². The first-order valence-electron chi connectivity index (χ1n) is 6.08. The van der Waals surface area contributed by atoms with Crippen LogP contribution in [0.5, 0.6) is 0 Å². The molecule has 0 radical (unpaired) electrons. The van der Waals surface area contributed by atoms with E-state index >= 15 is 0 Å². The molecule has 1 aromatic rings. The van der Waals surface area contributed by atoms with Gasteiger partial charge in [0.2, 0.25) is 5.01 Å². The minimum atomic E-state index is -0.938. The van der Waals surface area contributed by atoms with Gasteiger partial charge in [-0.2, -0.15) is 0 Å². The molecular formula is C12H18N2O2S. The van der Waals surface area contributed by atoms with Crippen LogP contribution in [-0.2, 0) is 6.54 Å². The second-order valence-corrected chi connectivity index (χ2v) is 5.56. The SMILES string of the molecule is CC1CCCCC1NCc1csc(C(=O)O)n1. The number of aromatic nitrogens is 1. The van der Waals surface area contributed by atoms with Crippen LogP contribution < -0.4 is 5.32 Å². The van der Waals surface area contributed by atoms with Crippen molar-refractivity contribution in [3.05, 3.63) is 16.1 Å². The molecule has 0 bridgehead atoms. The van der Waals surface area contributed by atoms with Gasteiger partial charge < -0.3 is 10.4 Å². The summed E-state index contributed by atoms with van der Waals surface area (Å²) in [5.41, 5.74) is 0.838. The number of carboxylic acids is 1. The van der Waals surface area contributed by atoms with Crippen LogP contribution in [0.2, 0.25) is 0 Å². The monoisotopic (exact) mass is 254 g/mol. The van der Waals surface area contributed by atoms with Crippen molar-refractivity contribution in [3.8, 4) is 0 Å². The molecule has 1 saturated carbocycles. The lowest BCUT2D eigenvalue weighted by Crippen LogP contribution is -2.36. The molecule has 2 rings (SSSR count). The van der Waals surface area contributed by atoms with Gasteiger partial charge >= 0.3 is 5.97 Å². The third-order valence-corrected chi connectivity index (χ3v) is 4.27. The van der Waals surface area contributed by atoms with Gasteiger partial charge in [0.05, 0.1) is 5.69 Å². The van der Waals surface area contributed by atoms with E-state index in [1.54, 1.807) is 0 Å². The minimum Gasteiger partial charge on any atom is -0.476 e. The summed E-state index contributed by atoms with van der Waals surface area (Å²) in [5, 5.41) is 14.3. The maximum atomic E-state index is 10.7. The number of nitrogens with zero attached hydrogens (tertiary/aromatic N) is 1. The largest absolute Gasteiger partial charge is 0.476 e. The summed E-state index contributed by atoms with van der Waals surface area (Å²) in [6.07, 6.45) is 5.13. The van der Waals surface area contributed by atoms with Crippen molar-refractivity contribution in [3.63, 3.8) is 0 Å². The van der Waals surface area contributed by atoms with E-state index in [9.17, 15) is 4.79 Å². The number of thiazole rings is 1. The van der Waals surface area contributed by atoms with Gasteiger partial charge in [0.15, 0.2) is 0 Å². The summed E-state index contributed by atoms with van der Waals surface area (Å²) in [5.74, 6) is -0.228. The smallest absolute Gasteiger partial charge is 0.365 e. The standard InChI is InChI=1S/C12H18N2O2S/c1-8-4-2-3-5-10(8)13-6-9-7-17-11(14-9)12(15)16/h7-8,10,13H,2-6H2,1H3,(H,15,16). The summed E-state index contributed by atoms with van der Waals surface area (Å²) in [6.45, 7) is 2.96. The third kappa shape index (κ3) is 3.26. The third-order valence-electron chi connectivity index (χ3n) is 3.39. The molecule has 2 atom stereocenters. The number of nitrogens with one attached hydrogen (secondary N) is 1. The lowest BCUT2D eigenvalue weighted by atomic mass is 9.86. The van der Waals surface area contributed by atoms with Gasteiger partial charge in [-0.25, -0.2) is 9.78 Å². The van der Waals surface area contributed by atoms with Crippen LogP contribution in [0.25, 0.3) is 0 Å². The Kier molecular flexibility index (Phi) is 4.12. The van der Waals surface area contributed by atoms with Gasteiger partial charge in [-0.05, 0) is 18.8 Å². The average Bonchev–Trinajstić information content (AvgIpc) is 2.77. The lowest BCUT2D eigenvalue weighted by molar-refractivity contribution is 0.0696. The maximum absolute atomic E-state index is 10.7. The Morgan fingerprint density at radius 3 is 3.00 bits per heavy atom. The molecule has 94 valence electrons. The molecule has 2 N–H and O–H groups in total. The Morgan fingerprint density at radius 1 is 1.59 bits per heavy atom. The zero-order valence-corrected chi connectivity index (χ0v) is 10.8. The number of aromatic carboxylic acids is 1. The van der Waals surface area contributed by atoms with Gasteiger partial charge in [-0.15, -0.1) is 11.3 Å². The topological polar surface area (TPSA) is 62.2 Å². The summed E-state index contributed by atoms with van der Waals surface area (Å²) in [6, 6.07) is 0.554.